The average Bonchev–Trinajstić information content (AvgIpc) is 2.38. The zero-order valence-electron chi connectivity index (χ0n) is 9.60. The second-order valence-corrected chi connectivity index (χ2v) is 4.50. The molecule has 2 rings (SSSR count). The quantitative estimate of drug-likeness (QED) is 0.773. The van der Waals surface area contributed by atoms with Gasteiger partial charge in [-0.05, 0) is 31.4 Å². The normalized spacial score (nSPS) is 21.6. The van der Waals surface area contributed by atoms with Gasteiger partial charge in [0.2, 0.25) is 0 Å². The van der Waals surface area contributed by atoms with E-state index in [2.05, 4.69) is 41.3 Å². The number of benzene rings is 1. The Morgan fingerprint density at radius 3 is 2.88 bits per heavy atom. The average molecular weight is 214 g/mol. The smallest absolute Gasteiger partial charge is 0.0669 e. The first kappa shape index (κ1) is 11.2. The van der Waals surface area contributed by atoms with Gasteiger partial charge in [-0.15, -0.1) is 0 Å². The van der Waals surface area contributed by atoms with E-state index >= 15 is 0 Å². The molecule has 0 amide bonds. The fourth-order valence-corrected chi connectivity index (χ4v) is 2.30. The first-order valence-corrected chi connectivity index (χ1v) is 6.04. The predicted octanol–water partition coefficient (Wildman–Crippen LogP) is 2.46. The highest BCUT2D eigenvalue weighted by Gasteiger charge is 2.18. The maximum atomic E-state index is 8.92. The van der Waals surface area contributed by atoms with E-state index in [1.165, 1.54) is 12.0 Å². The maximum absolute atomic E-state index is 8.92. The van der Waals surface area contributed by atoms with Crippen LogP contribution in [0.25, 0.3) is 0 Å². The van der Waals surface area contributed by atoms with Crippen LogP contribution in [0.5, 0.6) is 0 Å². The molecule has 1 aromatic rings. The Labute approximate surface area is 97.5 Å². The minimum atomic E-state index is 0.254. The summed E-state index contributed by atoms with van der Waals surface area (Å²) in [7, 11) is 0. The molecule has 1 heterocycles. The molecule has 1 fully saturated rings. The van der Waals surface area contributed by atoms with Crippen molar-refractivity contribution in [3.05, 3.63) is 35.9 Å². The molecule has 1 aromatic carbocycles. The zero-order chi connectivity index (χ0) is 11.2. The number of hydrogen-bond donors (Lipinski definition) is 0. The third-order valence-electron chi connectivity index (χ3n) is 3.25. The van der Waals surface area contributed by atoms with Gasteiger partial charge in [0.05, 0.1) is 12.0 Å². The summed E-state index contributed by atoms with van der Waals surface area (Å²) in [4.78, 5) is 2.42. The molecule has 0 spiro atoms. The van der Waals surface area contributed by atoms with Gasteiger partial charge in [0.1, 0.15) is 0 Å². The Hall–Kier alpha value is -1.33. The summed E-state index contributed by atoms with van der Waals surface area (Å²) < 4.78 is 0. The minimum absolute atomic E-state index is 0.254. The van der Waals surface area contributed by atoms with Gasteiger partial charge in [0, 0.05) is 13.1 Å². The highest BCUT2D eigenvalue weighted by atomic mass is 15.1. The van der Waals surface area contributed by atoms with Crippen molar-refractivity contribution in [1.29, 1.82) is 5.26 Å². The van der Waals surface area contributed by atoms with Crippen LogP contribution in [-0.4, -0.2) is 24.5 Å². The molecular formula is C14H18N2. The van der Waals surface area contributed by atoms with Crippen LogP contribution in [-0.2, 0) is 6.42 Å². The summed E-state index contributed by atoms with van der Waals surface area (Å²) in [5.41, 5.74) is 1.39. The van der Waals surface area contributed by atoms with Gasteiger partial charge in [-0.2, -0.15) is 5.26 Å². The molecule has 0 aliphatic carbocycles. The summed E-state index contributed by atoms with van der Waals surface area (Å²) in [6.07, 6.45) is 3.35. The van der Waals surface area contributed by atoms with E-state index < -0.39 is 0 Å². The summed E-state index contributed by atoms with van der Waals surface area (Å²) in [5, 5.41) is 8.92. The van der Waals surface area contributed by atoms with Gasteiger partial charge in [-0.3, -0.25) is 0 Å². The third kappa shape index (κ3) is 3.08. The number of likely N-dealkylation sites (tertiary alicyclic amines) is 1. The fraction of sp³-hybridized carbons (Fsp3) is 0.500. The van der Waals surface area contributed by atoms with Crippen LogP contribution in [0, 0.1) is 17.2 Å². The van der Waals surface area contributed by atoms with Gasteiger partial charge in [-0.25, -0.2) is 0 Å². The van der Waals surface area contributed by atoms with E-state index in [-0.39, 0.29) is 5.92 Å². The van der Waals surface area contributed by atoms with Gasteiger partial charge in [-0.1, -0.05) is 30.3 Å². The van der Waals surface area contributed by atoms with Crippen molar-refractivity contribution in [3.63, 3.8) is 0 Å². The molecule has 1 atom stereocenters. The van der Waals surface area contributed by atoms with Crippen molar-refractivity contribution in [3.8, 4) is 6.07 Å². The number of piperidine rings is 1. The second kappa shape index (κ2) is 5.67. The van der Waals surface area contributed by atoms with E-state index in [1.807, 2.05) is 0 Å². The van der Waals surface area contributed by atoms with Crippen molar-refractivity contribution in [2.24, 2.45) is 5.92 Å². The van der Waals surface area contributed by atoms with Crippen molar-refractivity contribution in [1.82, 2.24) is 4.90 Å². The molecule has 1 saturated heterocycles. The van der Waals surface area contributed by atoms with Crippen LogP contribution in [0.15, 0.2) is 30.3 Å². The Bertz CT molecular complexity index is 353. The Morgan fingerprint density at radius 1 is 1.31 bits per heavy atom. The van der Waals surface area contributed by atoms with Gasteiger partial charge < -0.3 is 4.90 Å². The van der Waals surface area contributed by atoms with Gasteiger partial charge in [0.25, 0.3) is 0 Å². The second-order valence-electron chi connectivity index (χ2n) is 4.50. The van der Waals surface area contributed by atoms with Crippen LogP contribution in [0.1, 0.15) is 18.4 Å². The third-order valence-corrected chi connectivity index (χ3v) is 3.25. The first-order valence-electron chi connectivity index (χ1n) is 6.04. The molecule has 0 saturated carbocycles. The van der Waals surface area contributed by atoms with Crippen LogP contribution in [0.3, 0.4) is 0 Å². The molecule has 84 valence electrons. The molecule has 2 nitrogen and oxygen atoms in total. The fourth-order valence-electron chi connectivity index (χ4n) is 2.30. The Balaban J connectivity index is 1.80. The summed E-state index contributed by atoms with van der Waals surface area (Å²) in [6.45, 7) is 3.20. The first-order chi connectivity index (χ1) is 7.88. The SMILES string of the molecule is N#CC1CCCN(CCc2ccccc2)C1. The Kier molecular flexibility index (Phi) is 3.96. The van der Waals surface area contributed by atoms with Crippen molar-refractivity contribution in [2.45, 2.75) is 19.3 Å². The summed E-state index contributed by atoms with van der Waals surface area (Å²) in [6, 6.07) is 13.0. The lowest BCUT2D eigenvalue weighted by Gasteiger charge is -2.29. The van der Waals surface area contributed by atoms with Crippen LogP contribution < -0.4 is 0 Å². The molecule has 1 aliphatic rings. The zero-order valence-corrected chi connectivity index (χ0v) is 9.60. The molecule has 2 heteroatoms. The van der Waals surface area contributed by atoms with E-state index in [4.69, 9.17) is 5.26 Å². The highest BCUT2D eigenvalue weighted by Crippen LogP contribution is 2.15. The Morgan fingerprint density at radius 2 is 2.12 bits per heavy atom. The van der Waals surface area contributed by atoms with Crippen LogP contribution >= 0.6 is 0 Å². The van der Waals surface area contributed by atoms with Crippen LogP contribution in [0.2, 0.25) is 0 Å². The largest absolute Gasteiger partial charge is 0.302 e. The monoisotopic (exact) mass is 214 g/mol. The molecule has 1 unspecified atom stereocenters. The van der Waals surface area contributed by atoms with Crippen molar-refractivity contribution < 1.29 is 0 Å². The number of nitriles is 1. The van der Waals surface area contributed by atoms with Crippen LogP contribution in [0.4, 0.5) is 0 Å². The number of nitrogens with zero attached hydrogens (tertiary/aromatic N) is 2. The van der Waals surface area contributed by atoms with Gasteiger partial charge in [0.15, 0.2) is 0 Å². The lowest BCUT2D eigenvalue weighted by Crippen LogP contribution is -2.36. The highest BCUT2D eigenvalue weighted by molar-refractivity contribution is 5.14. The molecule has 16 heavy (non-hydrogen) atoms. The van der Waals surface area contributed by atoms with Crippen molar-refractivity contribution >= 4 is 0 Å². The number of hydrogen-bond acceptors (Lipinski definition) is 2. The van der Waals surface area contributed by atoms with E-state index in [9.17, 15) is 0 Å². The van der Waals surface area contributed by atoms with Gasteiger partial charge >= 0.3 is 0 Å². The molecule has 1 aliphatic heterocycles. The standard InChI is InChI=1S/C14H18N2/c15-11-14-7-4-9-16(12-14)10-8-13-5-2-1-3-6-13/h1-3,5-6,14H,4,7-10,12H2. The summed E-state index contributed by atoms with van der Waals surface area (Å²) >= 11 is 0. The van der Waals surface area contributed by atoms with Crippen molar-refractivity contribution in [2.75, 3.05) is 19.6 Å². The molecule has 0 radical (unpaired) electrons. The lowest BCUT2D eigenvalue weighted by molar-refractivity contribution is 0.202. The van der Waals surface area contributed by atoms with E-state index in [0.717, 1.165) is 32.5 Å². The molecule has 0 aromatic heterocycles. The predicted molar refractivity (Wildman–Crippen MR) is 64.9 cm³/mol. The number of rotatable bonds is 3. The molecular weight excluding hydrogens is 196 g/mol. The summed E-state index contributed by atoms with van der Waals surface area (Å²) in [5.74, 6) is 0.254. The molecule has 0 N–H and O–H groups in total. The maximum Gasteiger partial charge on any atom is 0.0669 e. The molecule has 0 bridgehead atoms. The van der Waals surface area contributed by atoms with E-state index in [0.29, 0.717) is 0 Å². The minimum Gasteiger partial charge on any atom is -0.302 e. The topological polar surface area (TPSA) is 27.0 Å². The van der Waals surface area contributed by atoms with E-state index in [1.54, 1.807) is 0 Å². The lowest BCUT2D eigenvalue weighted by atomic mass is 9.99.